The first-order valence-corrected chi connectivity index (χ1v) is 14.2. The number of rotatable bonds is 14. The van der Waals surface area contributed by atoms with E-state index < -0.39 is 23.8 Å². The Morgan fingerprint density at radius 2 is 1.67 bits per heavy atom. The van der Waals surface area contributed by atoms with Crippen molar-refractivity contribution >= 4 is 18.3 Å². The van der Waals surface area contributed by atoms with Crippen molar-refractivity contribution < 1.29 is 23.1 Å². The molecule has 0 bridgehead atoms. The van der Waals surface area contributed by atoms with Gasteiger partial charge in [0.05, 0.1) is 25.0 Å². The van der Waals surface area contributed by atoms with Gasteiger partial charge in [-0.1, -0.05) is 42.8 Å². The number of benzene rings is 3. The van der Waals surface area contributed by atoms with Crippen LogP contribution in [0, 0.1) is 18.6 Å². The summed E-state index contributed by atoms with van der Waals surface area (Å²) in [4.78, 5) is 15.6. The molecule has 0 aliphatic rings. The molecule has 1 amide bonds. The molecule has 6 nitrogen and oxygen atoms in total. The van der Waals surface area contributed by atoms with Crippen LogP contribution in [0.15, 0.2) is 83.5 Å². The maximum absolute atomic E-state index is 14.0. The Balaban J connectivity index is 0.00000506. The molecule has 0 aliphatic heterocycles. The third kappa shape index (κ3) is 10.6. The Morgan fingerprint density at radius 1 is 0.930 bits per heavy atom. The lowest BCUT2D eigenvalue weighted by Crippen LogP contribution is -2.48. The van der Waals surface area contributed by atoms with E-state index in [1.165, 1.54) is 17.7 Å². The Morgan fingerprint density at radius 3 is 2.37 bits per heavy atom. The summed E-state index contributed by atoms with van der Waals surface area (Å²) in [6, 6.07) is 20.0. The Hall–Kier alpha value is -3.56. The van der Waals surface area contributed by atoms with Gasteiger partial charge in [0.1, 0.15) is 17.4 Å². The maximum Gasteiger partial charge on any atom is 0.251 e. The van der Waals surface area contributed by atoms with E-state index in [0.717, 1.165) is 34.9 Å². The number of carbonyl (C=O) groups is 1. The third-order valence-corrected chi connectivity index (χ3v) is 7.10. The van der Waals surface area contributed by atoms with E-state index in [1.807, 2.05) is 50.4 Å². The van der Waals surface area contributed by atoms with E-state index in [-0.39, 0.29) is 31.3 Å². The lowest BCUT2D eigenvalue weighted by Gasteiger charge is -2.25. The fourth-order valence-electron chi connectivity index (χ4n) is 5.10. The van der Waals surface area contributed by atoms with Crippen molar-refractivity contribution in [2.75, 3.05) is 13.6 Å². The maximum atomic E-state index is 14.0. The van der Waals surface area contributed by atoms with Crippen LogP contribution in [0.1, 0.15) is 50.9 Å². The highest BCUT2D eigenvalue weighted by Gasteiger charge is 2.23. The molecule has 3 N–H and O–H groups in total. The van der Waals surface area contributed by atoms with Crippen LogP contribution in [0.5, 0.6) is 0 Å². The highest BCUT2D eigenvalue weighted by Crippen LogP contribution is 2.16. The standard InChI is InChI=1S/C34H39F2N3O3.ClH/c1-4-24-7-5-8-25(13-24)19-37-20-33(40)32(17-26-15-29(35)18-30(36)16-26)38-34(41)28-12-23(2)11-27(14-28)21-39(3)22-31-9-6-10-42-31;/h5-16,18,32-33,37,40H,4,17,19-22H2,1-3H3,(H,38,41);1H/t32-,33-;/m0./s1. The van der Waals surface area contributed by atoms with Crippen molar-refractivity contribution in [1.82, 2.24) is 15.5 Å². The van der Waals surface area contributed by atoms with Gasteiger partial charge in [-0.15, -0.1) is 12.4 Å². The number of amides is 1. The molecule has 43 heavy (non-hydrogen) atoms. The van der Waals surface area contributed by atoms with Gasteiger partial charge >= 0.3 is 0 Å². The zero-order chi connectivity index (χ0) is 30.1. The monoisotopic (exact) mass is 611 g/mol. The molecule has 230 valence electrons. The highest BCUT2D eigenvalue weighted by atomic mass is 35.5. The predicted molar refractivity (Wildman–Crippen MR) is 167 cm³/mol. The van der Waals surface area contributed by atoms with Crippen molar-refractivity contribution in [2.45, 2.75) is 58.5 Å². The molecular formula is C34H40ClF2N3O3. The first-order valence-electron chi connectivity index (χ1n) is 14.2. The zero-order valence-corrected chi connectivity index (χ0v) is 25.6. The first kappa shape index (κ1) is 33.9. The third-order valence-electron chi connectivity index (χ3n) is 7.10. The number of aliphatic hydroxyl groups excluding tert-OH is 1. The van der Waals surface area contributed by atoms with E-state index in [2.05, 4.69) is 34.6 Å². The highest BCUT2D eigenvalue weighted by molar-refractivity contribution is 5.94. The molecule has 0 aliphatic carbocycles. The van der Waals surface area contributed by atoms with E-state index in [9.17, 15) is 18.7 Å². The molecule has 1 heterocycles. The van der Waals surface area contributed by atoms with Crippen LogP contribution in [-0.4, -0.2) is 41.7 Å². The second-order valence-electron chi connectivity index (χ2n) is 10.9. The van der Waals surface area contributed by atoms with Crippen LogP contribution in [-0.2, 0) is 32.5 Å². The van der Waals surface area contributed by atoms with Crippen molar-refractivity contribution in [3.63, 3.8) is 0 Å². The molecule has 0 radical (unpaired) electrons. The topological polar surface area (TPSA) is 77.7 Å². The molecule has 4 rings (SSSR count). The molecule has 4 aromatic rings. The van der Waals surface area contributed by atoms with Gasteiger partial charge < -0.3 is 20.2 Å². The van der Waals surface area contributed by atoms with Gasteiger partial charge in [-0.25, -0.2) is 8.78 Å². The summed E-state index contributed by atoms with van der Waals surface area (Å²) in [7, 11) is 1.97. The molecule has 2 atom stereocenters. The number of hydrogen-bond donors (Lipinski definition) is 3. The summed E-state index contributed by atoms with van der Waals surface area (Å²) in [6.45, 7) is 5.95. The summed E-state index contributed by atoms with van der Waals surface area (Å²) in [5, 5.41) is 17.3. The normalized spacial score (nSPS) is 12.5. The summed E-state index contributed by atoms with van der Waals surface area (Å²) in [5.74, 6) is -0.938. The van der Waals surface area contributed by atoms with Crippen molar-refractivity contribution in [3.05, 3.63) is 130 Å². The number of carbonyl (C=O) groups excluding carboxylic acids is 1. The average molecular weight is 612 g/mol. The van der Waals surface area contributed by atoms with Crippen molar-refractivity contribution in [2.24, 2.45) is 0 Å². The summed E-state index contributed by atoms with van der Waals surface area (Å²) < 4.78 is 33.4. The minimum atomic E-state index is -1.02. The molecule has 0 fully saturated rings. The smallest absolute Gasteiger partial charge is 0.251 e. The number of halogens is 3. The minimum Gasteiger partial charge on any atom is -0.468 e. The fourth-order valence-corrected chi connectivity index (χ4v) is 5.10. The van der Waals surface area contributed by atoms with Crippen LogP contribution in [0.2, 0.25) is 0 Å². The predicted octanol–water partition coefficient (Wildman–Crippen LogP) is 5.97. The number of nitrogens with zero attached hydrogens (tertiary/aromatic N) is 1. The second kappa shape index (κ2) is 16.3. The molecule has 0 saturated heterocycles. The zero-order valence-electron chi connectivity index (χ0n) is 24.8. The fraction of sp³-hybridized carbons (Fsp3) is 0.324. The number of hydrogen-bond acceptors (Lipinski definition) is 5. The first-order chi connectivity index (χ1) is 20.2. The quantitative estimate of drug-likeness (QED) is 0.164. The van der Waals surface area contributed by atoms with Crippen LogP contribution in [0.4, 0.5) is 8.78 Å². The van der Waals surface area contributed by atoms with Crippen LogP contribution in [0.25, 0.3) is 0 Å². The van der Waals surface area contributed by atoms with E-state index in [4.69, 9.17) is 4.42 Å². The van der Waals surface area contributed by atoms with Gasteiger partial charge in [0.15, 0.2) is 0 Å². The molecule has 1 aromatic heterocycles. The molecule has 0 saturated carbocycles. The van der Waals surface area contributed by atoms with E-state index in [0.29, 0.717) is 30.8 Å². The van der Waals surface area contributed by atoms with Crippen LogP contribution >= 0.6 is 12.4 Å². The number of nitrogens with one attached hydrogen (secondary N) is 2. The SMILES string of the molecule is CCc1cccc(CNC[C@H](O)[C@H](Cc2cc(F)cc(F)c2)NC(=O)c2cc(C)cc(CN(C)Cc3ccco3)c2)c1.Cl. The Kier molecular flexibility index (Phi) is 12.9. The summed E-state index contributed by atoms with van der Waals surface area (Å²) in [5.41, 5.74) is 4.97. The second-order valence-corrected chi connectivity index (χ2v) is 10.9. The van der Waals surface area contributed by atoms with E-state index in [1.54, 1.807) is 12.3 Å². The largest absolute Gasteiger partial charge is 0.468 e. The summed E-state index contributed by atoms with van der Waals surface area (Å²) in [6.07, 6.45) is 1.61. The lowest BCUT2D eigenvalue weighted by molar-refractivity contribution is 0.0829. The average Bonchev–Trinajstić information content (AvgIpc) is 3.44. The molecular weight excluding hydrogens is 572 g/mol. The van der Waals surface area contributed by atoms with Gasteiger partial charge in [-0.2, -0.15) is 0 Å². The van der Waals surface area contributed by atoms with Crippen LogP contribution < -0.4 is 10.6 Å². The molecule has 9 heteroatoms. The van der Waals surface area contributed by atoms with Crippen molar-refractivity contribution in [1.29, 1.82) is 0 Å². The Bertz CT molecular complexity index is 1450. The number of furan rings is 1. The number of aryl methyl sites for hydroxylation is 2. The lowest BCUT2D eigenvalue weighted by atomic mass is 9.99. The van der Waals surface area contributed by atoms with Crippen molar-refractivity contribution in [3.8, 4) is 0 Å². The number of aliphatic hydroxyl groups is 1. The Labute approximate surface area is 258 Å². The van der Waals surface area contributed by atoms with Gasteiger partial charge in [0.25, 0.3) is 5.91 Å². The summed E-state index contributed by atoms with van der Waals surface area (Å²) >= 11 is 0. The van der Waals surface area contributed by atoms with Crippen LogP contribution in [0.3, 0.4) is 0 Å². The molecule has 3 aromatic carbocycles. The van der Waals surface area contributed by atoms with E-state index >= 15 is 0 Å². The van der Waals surface area contributed by atoms with Gasteiger partial charge in [-0.05, 0) is 85.5 Å². The van der Waals surface area contributed by atoms with Gasteiger partial charge in [-0.3, -0.25) is 9.69 Å². The molecule has 0 spiro atoms. The van der Waals surface area contributed by atoms with Gasteiger partial charge in [0, 0.05) is 31.3 Å². The molecule has 0 unspecified atom stereocenters. The minimum absolute atomic E-state index is 0. The van der Waals surface area contributed by atoms with Gasteiger partial charge in [0.2, 0.25) is 0 Å².